The number of hydrogen-bond donors (Lipinski definition) is 1. The molecular formula is C19H16FNO2S. The van der Waals surface area contributed by atoms with Gasteiger partial charge in [-0.25, -0.2) is 12.8 Å². The second-order valence-electron chi connectivity index (χ2n) is 5.43. The van der Waals surface area contributed by atoms with E-state index in [1.165, 1.54) is 18.2 Å². The first kappa shape index (κ1) is 16.2. The van der Waals surface area contributed by atoms with Crippen molar-refractivity contribution in [2.24, 2.45) is 0 Å². The Balaban J connectivity index is 2.03. The number of halogens is 1. The summed E-state index contributed by atoms with van der Waals surface area (Å²) in [5.74, 6) is -0.291. The highest BCUT2D eigenvalue weighted by atomic mass is 32.2. The number of aryl methyl sites for hydroxylation is 1. The molecular weight excluding hydrogens is 325 g/mol. The molecule has 0 atom stereocenters. The Morgan fingerprint density at radius 3 is 2.25 bits per heavy atom. The third-order valence-corrected chi connectivity index (χ3v) is 5.08. The molecule has 0 saturated carbocycles. The lowest BCUT2D eigenvalue weighted by Crippen LogP contribution is -2.13. The zero-order valence-corrected chi connectivity index (χ0v) is 13.8. The molecule has 1 N–H and O–H groups in total. The first-order valence-corrected chi connectivity index (χ1v) is 8.89. The lowest BCUT2D eigenvalue weighted by molar-refractivity contribution is 0.601. The Hall–Kier alpha value is -2.66. The van der Waals surface area contributed by atoms with Crippen LogP contribution in [0.25, 0.3) is 11.1 Å². The topological polar surface area (TPSA) is 46.2 Å². The summed E-state index contributed by atoms with van der Waals surface area (Å²) in [5, 5.41) is 0. The van der Waals surface area contributed by atoms with Gasteiger partial charge in [0.25, 0.3) is 10.0 Å². The second-order valence-corrected chi connectivity index (χ2v) is 7.11. The maximum Gasteiger partial charge on any atom is 0.261 e. The fraction of sp³-hybridized carbons (Fsp3) is 0.0526. The molecule has 0 amide bonds. The molecule has 0 aliphatic heterocycles. The summed E-state index contributed by atoms with van der Waals surface area (Å²) in [6.45, 7) is 1.68. The smallest absolute Gasteiger partial charge is 0.261 e. The highest BCUT2D eigenvalue weighted by molar-refractivity contribution is 7.92. The fourth-order valence-corrected chi connectivity index (χ4v) is 3.54. The van der Waals surface area contributed by atoms with Crippen LogP contribution in [0, 0.1) is 12.7 Å². The molecule has 0 aliphatic carbocycles. The van der Waals surface area contributed by atoms with Gasteiger partial charge in [0, 0.05) is 5.56 Å². The van der Waals surface area contributed by atoms with E-state index < -0.39 is 10.0 Å². The van der Waals surface area contributed by atoms with Gasteiger partial charge in [-0.1, -0.05) is 42.5 Å². The standard InChI is InChI=1S/C19H16FNO2S/c1-14-13-15(11-12-18(14)20)17-9-5-6-10-19(17)21-24(22,23)16-7-3-2-4-8-16/h2-13,21H,1H3. The van der Waals surface area contributed by atoms with Crippen LogP contribution in [0.2, 0.25) is 0 Å². The Morgan fingerprint density at radius 1 is 0.875 bits per heavy atom. The minimum absolute atomic E-state index is 0.190. The summed E-state index contributed by atoms with van der Waals surface area (Å²) in [4.78, 5) is 0.190. The number of benzene rings is 3. The zero-order chi connectivity index (χ0) is 17.2. The van der Waals surface area contributed by atoms with E-state index in [1.54, 1.807) is 55.5 Å². The zero-order valence-electron chi connectivity index (χ0n) is 13.0. The molecule has 0 fully saturated rings. The normalized spacial score (nSPS) is 11.2. The van der Waals surface area contributed by atoms with Crippen molar-refractivity contribution in [2.45, 2.75) is 11.8 Å². The van der Waals surface area contributed by atoms with Gasteiger partial charge in [0.15, 0.2) is 0 Å². The molecule has 0 saturated heterocycles. The SMILES string of the molecule is Cc1cc(-c2ccccc2NS(=O)(=O)c2ccccc2)ccc1F. The lowest BCUT2D eigenvalue weighted by Gasteiger charge is -2.13. The van der Waals surface area contributed by atoms with E-state index in [2.05, 4.69) is 4.72 Å². The van der Waals surface area contributed by atoms with Gasteiger partial charge < -0.3 is 0 Å². The van der Waals surface area contributed by atoms with Crippen LogP contribution in [0.5, 0.6) is 0 Å². The van der Waals surface area contributed by atoms with Gasteiger partial charge in [-0.05, 0) is 48.4 Å². The van der Waals surface area contributed by atoms with Crippen molar-refractivity contribution in [3.05, 3.63) is 84.2 Å². The fourth-order valence-electron chi connectivity index (χ4n) is 2.44. The number of anilines is 1. The van der Waals surface area contributed by atoms with Crippen LogP contribution in [0.4, 0.5) is 10.1 Å². The van der Waals surface area contributed by atoms with Crippen LogP contribution in [0.3, 0.4) is 0 Å². The highest BCUT2D eigenvalue weighted by Gasteiger charge is 2.16. The average molecular weight is 341 g/mol. The molecule has 3 aromatic rings. The van der Waals surface area contributed by atoms with E-state index in [4.69, 9.17) is 0 Å². The van der Waals surface area contributed by atoms with E-state index >= 15 is 0 Å². The summed E-state index contributed by atoms with van der Waals surface area (Å²) in [5.41, 5.74) is 2.40. The summed E-state index contributed by atoms with van der Waals surface area (Å²) in [6, 6.07) is 19.9. The molecule has 0 radical (unpaired) electrons. The Labute approximate surface area is 140 Å². The van der Waals surface area contributed by atoms with Crippen molar-refractivity contribution in [3.63, 3.8) is 0 Å². The molecule has 3 aromatic carbocycles. The van der Waals surface area contributed by atoms with Gasteiger partial charge in [0.2, 0.25) is 0 Å². The van der Waals surface area contributed by atoms with Gasteiger partial charge in [0.1, 0.15) is 5.82 Å². The second kappa shape index (κ2) is 6.45. The minimum atomic E-state index is -3.69. The largest absolute Gasteiger partial charge is 0.279 e. The van der Waals surface area contributed by atoms with Crippen LogP contribution in [-0.2, 0) is 10.0 Å². The van der Waals surface area contributed by atoms with Gasteiger partial charge in [-0.15, -0.1) is 0 Å². The highest BCUT2D eigenvalue weighted by Crippen LogP contribution is 2.30. The van der Waals surface area contributed by atoms with Crippen molar-refractivity contribution in [3.8, 4) is 11.1 Å². The van der Waals surface area contributed by atoms with Gasteiger partial charge in [-0.2, -0.15) is 0 Å². The molecule has 5 heteroatoms. The molecule has 0 heterocycles. The van der Waals surface area contributed by atoms with Gasteiger partial charge in [-0.3, -0.25) is 4.72 Å². The summed E-state index contributed by atoms with van der Waals surface area (Å²) >= 11 is 0. The first-order valence-electron chi connectivity index (χ1n) is 7.41. The third-order valence-electron chi connectivity index (χ3n) is 3.69. The van der Waals surface area contributed by atoms with Crippen molar-refractivity contribution in [2.75, 3.05) is 4.72 Å². The molecule has 3 nitrogen and oxygen atoms in total. The number of para-hydroxylation sites is 1. The van der Waals surface area contributed by atoms with Gasteiger partial charge >= 0.3 is 0 Å². The molecule has 24 heavy (non-hydrogen) atoms. The Kier molecular flexibility index (Phi) is 4.36. The molecule has 0 aromatic heterocycles. The Bertz CT molecular complexity index is 970. The van der Waals surface area contributed by atoms with E-state index in [-0.39, 0.29) is 10.7 Å². The van der Waals surface area contributed by atoms with E-state index in [0.717, 1.165) is 5.56 Å². The molecule has 122 valence electrons. The van der Waals surface area contributed by atoms with E-state index in [1.807, 2.05) is 6.07 Å². The first-order chi connectivity index (χ1) is 11.5. The molecule has 3 rings (SSSR count). The number of rotatable bonds is 4. The number of nitrogens with one attached hydrogen (secondary N) is 1. The van der Waals surface area contributed by atoms with Crippen LogP contribution in [0.15, 0.2) is 77.7 Å². The van der Waals surface area contributed by atoms with Crippen LogP contribution >= 0.6 is 0 Å². The maximum atomic E-state index is 13.5. The van der Waals surface area contributed by atoms with Gasteiger partial charge in [0.05, 0.1) is 10.6 Å². The monoisotopic (exact) mass is 341 g/mol. The molecule has 0 spiro atoms. The van der Waals surface area contributed by atoms with Crippen molar-refractivity contribution < 1.29 is 12.8 Å². The van der Waals surface area contributed by atoms with Crippen molar-refractivity contribution in [1.82, 2.24) is 0 Å². The summed E-state index contributed by atoms with van der Waals surface area (Å²) < 4.78 is 41.2. The molecule has 0 aliphatic rings. The van der Waals surface area contributed by atoms with Crippen LogP contribution in [-0.4, -0.2) is 8.42 Å². The molecule has 0 bridgehead atoms. The molecule has 0 unspecified atom stereocenters. The van der Waals surface area contributed by atoms with Crippen molar-refractivity contribution >= 4 is 15.7 Å². The van der Waals surface area contributed by atoms with E-state index in [0.29, 0.717) is 16.8 Å². The maximum absolute atomic E-state index is 13.5. The average Bonchev–Trinajstić information content (AvgIpc) is 2.58. The summed E-state index contributed by atoms with van der Waals surface area (Å²) in [7, 11) is -3.69. The van der Waals surface area contributed by atoms with Crippen LogP contribution < -0.4 is 4.72 Å². The Morgan fingerprint density at radius 2 is 1.54 bits per heavy atom. The third kappa shape index (κ3) is 3.31. The minimum Gasteiger partial charge on any atom is -0.279 e. The number of hydrogen-bond acceptors (Lipinski definition) is 2. The predicted octanol–water partition coefficient (Wildman–Crippen LogP) is 4.60. The van der Waals surface area contributed by atoms with Crippen LogP contribution in [0.1, 0.15) is 5.56 Å². The summed E-state index contributed by atoms with van der Waals surface area (Å²) in [6.07, 6.45) is 0. The van der Waals surface area contributed by atoms with Crippen molar-refractivity contribution in [1.29, 1.82) is 0 Å². The predicted molar refractivity (Wildman–Crippen MR) is 93.8 cm³/mol. The lowest BCUT2D eigenvalue weighted by atomic mass is 10.0. The quantitative estimate of drug-likeness (QED) is 0.754. The number of sulfonamides is 1. The van der Waals surface area contributed by atoms with E-state index in [9.17, 15) is 12.8 Å².